The highest BCUT2D eigenvalue weighted by atomic mass is 19.4. The Bertz CT molecular complexity index is 748. The molecule has 0 radical (unpaired) electrons. The van der Waals surface area contributed by atoms with Crippen molar-refractivity contribution in [3.05, 3.63) is 71.0 Å². The van der Waals surface area contributed by atoms with Crippen LogP contribution in [0.2, 0.25) is 0 Å². The number of hydrogen-bond donors (Lipinski definition) is 0. The second-order valence-electron chi connectivity index (χ2n) is 4.67. The summed E-state index contributed by atoms with van der Waals surface area (Å²) in [7, 11) is 1.32. The molecule has 0 aromatic heterocycles. The zero-order valence-corrected chi connectivity index (χ0v) is 12.0. The minimum atomic E-state index is -4.51. The second kappa shape index (κ2) is 6.64. The molecule has 23 heavy (non-hydrogen) atoms. The van der Waals surface area contributed by atoms with Gasteiger partial charge in [0.25, 0.3) is 0 Å². The van der Waals surface area contributed by atoms with Crippen LogP contribution in [0.3, 0.4) is 0 Å². The van der Waals surface area contributed by atoms with Crippen molar-refractivity contribution >= 4 is 11.9 Å². The van der Waals surface area contributed by atoms with Crippen molar-refractivity contribution in [3.8, 4) is 5.75 Å². The van der Waals surface area contributed by atoms with E-state index in [1.54, 1.807) is 0 Å². The molecule has 2 rings (SSSR count). The first-order valence-electron chi connectivity index (χ1n) is 6.54. The molecule has 6 heteroatoms. The number of allylic oxidation sites excluding steroid dienone is 1. The SMILES string of the molecule is COc1ccc(/C=C/C(=O)c2cccc(C(F)(F)F)c2)cc1F. The third kappa shape index (κ3) is 4.18. The maximum absolute atomic E-state index is 13.5. The lowest BCUT2D eigenvalue weighted by Crippen LogP contribution is -2.06. The molecule has 0 atom stereocenters. The van der Waals surface area contributed by atoms with E-state index in [0.29, 0.717) is 5.56 Å². The highest BCUT2D eigenvalue weighted by molar-refractivity contribution is 6.06. The predicted molar refractivity (Wildman–Crippen MR) is 77.8 cm³/mol. The second-order valence-corrected chi connectivity index (χ2v) is 4.67. The van der Waals surface area contributed by atoms with E-state index in [2.05, 4.69) is 0 Å². The van der Waals surface area contributed by atoms with Crippen molar-refractivity contribution in [3.63, 3.8) is 0 Å². The van der Waals surface area contributed by atoms with Gasteiger partial charge in [-0.15, -0.1) is 0 Å². The molecule has 2 nitrogen and oxygen atoms in total. The Kier molecular flexibility index (Phi) is 4.83. The third-order valence-electron chi connectivity index (χ3n) is 3.08. The smallest absolute Gasteiger partial charge is 0.416 e. The quantitative estimate of drug-likeness (QED) is 0.461. The number of benzene rings is 2. The molecule has 0 spiro atoms. The van der Waals surface area contributed by atoms with Crippen LogP contribution < -0.4 is 4.74 Å². The summed E-state index contributed by atoms with van der Waals surface area (Å²) in [4.78, 5) is 11.9. The van der Waals surface area contributed by atoms with Crippen LogP contribution in [0.15, 0.2) is 48.5 Å². The zero-order valence-electron chi connectivity index (χ0n) is 12.0. The van der Waals surface area contributed by atoms with Gasteiger partial charge in [-0.3, -0.25) is 4.79 Å². The van der Waals surface area contributed by atoms with Crippen LogP contribution in [0.5, 0.6) is 5.75 Å². The van der Waals surface area contributed by atoms with E-state index >= 15 is 0 Å². The fourth-order valence-corrected chi connectivity index (χ4v) is 1.90. The molecule has 0 N–H and O–H groups in total. The Labute approximate surface area is 130 Å². The summed E-state index contributed by atoms with van der Waals surface area (Å²) in [6.45, 7) is 0. The summed E-state index contributed by atoms with van der Waals surface area (Å²) in [5.74, 6) is -1.14. The number of halogens is 4. The van der Waals surface area contributed by atoms with Crippen LogP contribution in [-0.4, -0.2) is 12.9 Å². The van der Waals surface area contributed by atoms with E-state index in [4.69, 9.17) is 4.74 Å². The predicted octanol–water partition coefficient (Wildman–Crippen LogP) is 4.75. The van der Waals surface area contributed by atoms with Gasteiger partial charge in [-0.1, -0.05) is 24.3 Å². The molecular formula is C17H12F4O2. The number of carbonyl (C=O) groups excluding carboxylic acids is 1. The van der Waals surface area contributed by atoms with Gasteiger partial charge in [-0.05, 0) is 35.9 Å². The van der Waals surface area contributed by atoms with E-state index in [1.807, 2.05) is 0 Å². The van der Waals surface area contributed by atoms with Gasteiger partial charge in [0.2, 0.25) is 0 Å². The molecule has 0 heterocycles. The fraction of sp³-hybridized carbons (Fsp3) is 0.118. The van der Waals surface area contributed by atoms with Crippen LogP contribution in [0.25, 0.3) is 6.08 Å². The first kappa shape index (κ1) is 16.7. The molecular weight excluding hydrogens is 312 g/mol. The molecule has 0 saturated carbocycles. The standard InChI is InChI=1S/C17H12F4O2/c1-23-16-8-6-11(9-14(16)18)5-7-15(22)12-3-2-4-13(10-12)17(19,20)21/h2-10H,1H3/b7-5+. The molecule has 2 aromatic rings. The molecule has 0 amide bonds. The van der Waals surface area contributed by atoms with Crippen LogP contribution in [-0.2, 0) is 6.18 Å². The van der Waals surface area contributed by atoms with Gasteiger partial charge in [0.05, 0.1) is 12.7 Å². The highest BCUT2D eigenvalue weighted by Crippen LogP contribution is 2.29. The number of hydrogen-bond acceptors (Lipinski definition) is 2. The normalized spacial score (nSPS) is 11.7. The Morgan fingerprint density at radius 1 is 1.13 bits per heavy atom. The lowest BCUT2D eigenvalue weighted by Gasteiger charge is -2.07. The highest BCUT2D eigenvalue weighted by Gasteiger charge is 2.30. The molecule has 0 aliphatic carbocycles. The summed E-state index contributed by atoms with van der Waals surface area (Å²) >= 11 is 0. The van der Waals surface area contributed by atoms with Gasteiger partial charge in [0.15, 0.2) is 17.3 Å². The summed E-state index contributed by atoms with van der Waals surface area (Å²) in [6.07, 6.45) is -2.10. The topological polar surface area (TPSA) is 26.3 Å². The largest absolute Gasteiger partial charge is 0.494 e. The summed E-state index contributed by atoms with van der Waals surface area (Å²) in [6, 6.07) is 8.20. The van der Waals surface area contributed by atoms with Crippen molar-refractivity contribution in [2.45, 2.75) is 6.18 Å². The van der Waals surface area contributed by atoms with Gasteiger partial charge in [0.1, 0.15) is 0 Å². The monoisotopic (exact) mass is 324 g/mol. The van der Waals surface area contributed by atoms with Crippen LogP contribution in [0.4, 0.5) is 17.6 Å². The molecule has 0 saturated heterocycles. The number of ketones is 1. The molecule has 0 fully saturated rings. The van der Waals surface area contributed by atoms with Crippen LogP contribution in [0, 0.1) is 5.82 Å². The average molecular weight is 324 g/mol. The maximum atomic E-state index is 13.5. The lowest BCUT2D eigenvalue weighted by atomic mass is 10.1. The number of carbonyl (C=O) groups is 1. The maximum Gasteiger partial charge on any atom is 0.416 e. The molecule has 0 unspecified atom stereocenters. The van der Waals surface area contributed by atoms with E-state index in [1.165, 1.54) is 31.4 Å². The number of ether oxygens (including phenoxy) is 1. The Balaban J connectivity index is 2.20. The summed E-state index contributed by atoms with van der Waals surface area (Å²) < 4.78 is 56.1. The van der Waals surface area contributed by atoms with Crippen molar-refractivity contribution in [2.75, 3.05) is 7.11 Å². The van der Waals surface area contributed by atoms with Crippen molar-refractivity contribution in [1.29, 1.82) is 0 Å². The van der Waals surface area contributed by atoms with E-state index < -0.39 is 23.3 Å². The molecule has 0 aliphatic rings. The van der Waals surface area contributed by atoms with E-state index in [9.17, 15) is 22.4 Å². The molecule has 120 valence electrons. The summed E-state index contributed by atoms with van der Waals surface area (Å²) in [5, 5.41) is 0. The Morgan fingerprint density at radius 3 is 2.48 bits per heavy atom. The van der Waals surface area contributed by atoms with Crippen molar-refractivity contribution in [1.82, 2.24) is 0 Å². The molecule has 2 aromatic carbocycles. The first-order chi connectivity index (χ1) is 10.8. The van der Waals surface area contributed by atoms with Gasteiger partial charge in [-0.25, -0.2) is 4.39 Å². The Morgan fingerprint density at radius 2 is 1.87 bits per heavy atom. The third-order valence-corrected chi connectivity index (χ3v) is 3.08. The fourth-order valence-electron chi connectivity index (χ4n) is 1.90. The van der Waals surface area contributed by atoms with Gasteiger partial charge < -0.3 is 4.74 Å². The molecule has 0 bridgehead atoms. The van der Waals surface area contributed by atoms with Crippen molar-refractivity contribution in [2.24, 2.45) is 0 Å². The minimum Gasteiger partial charge on any atom is -0.494 e. The van der Waals surface area contributed by atoms with Gasteiger partial charge in [0, 0.05) is 5.56 Å². The lowest BCUT2D eigenvalue weighted by molar-refractivity contribution is -0.137. The van der Waals surface area contributed by atoms with Gasteiger partial charge >= 0.3 is 6.18 Å². The van der Waals surface area contributed by atoms with Gasteiger partial charge in [-0.2, -0.15) is 13.2 Å². The van der Waals surface area contributed by atoms with Crippen LogP contribution in [0.1, 0.15) is 21.5 Å². The number of methoxy groups -OCH3 is 1. The number of rotatable bonds is 4. The zero-order chi connectivity index (χ0) is 17.0. The Hall–Kier alpha value is -2.63. The first-order valence-corrected chi connectivity index (χ1v) is 6.54. The van der Waals surface area contributed by atoms with E-state index in [-0.39, 0.29) is 11.3 Å². The van der Waals surface area contributed by atoms with Crippen molar-refractivity contribution < 1.29 is 27.1 Å². The minimum absolute atomic E-state index is 0.0614. The molecule has 0 aliphatic heterocycles. The van der Waals surface area contributed by atoms with Crippen LogP contribution >= 0.6 is 0 Å². The number of alkyl halides is 3. The van der Waals surface area contributed by atoms with E-state index in [0.717, 1.165) is 30.3 Å². The average Bonchev–Trinajstić information content (AvgIpc) is 2.52. The summed E-state index contributed by atoms with van der Waals surface area (Å²) in [5.41, 5.74) is -0.596.